The number of phenols is 1. The second kappa shape index (κ2) is 4.90. The molecule has 0 radical (unpaired) electrons. The summed E-state index contributed by atoms with van der Waals surface area (Å²) in [5.41, 5.74) is 0.273. The van der Waals surface area contributed by atoms with E-state index in [2.05, 4.69) is 35.1 Å². The second-order valence-corrected chi connectivity index (χ2v) is 6.11. The molecule has 0 aliphatic carbocycles. The van der Waals surface area contributed by atoms with Crippen molar-refractivity contribution in [2.45, 2.75) is 19.4 Å². The summed E-state index contributed by atoms with van der Waals surface area (Å²) in [7, 11) is 0. The molecule has 0 unspecified atom stereocenters. The second-order valence-electron chi connectivity index (χ2n) is 5.20. The van der Waals surface area contributed by atoms with Gasteiger partial charge in [0, 0.05) is 29.6 Å². The van der Waals surface area contributed by atoms with E-state index in [1.54, 1.807) is 23.1 Å². The molecular formula is C13H17BrN2O2. The topological polar surface area (TPSA) is 52.6 Å². The van der Waals surface area contributed by atoms with Crippen molar-refractivity contribution >= 4 is 21.8 Å². The average Bonchev–Trinajstić information content (AvgIpc) is 2.27. The highest BCUT2D eigenvalue weighted by Crippen LogP contribution is 2.24. The van der Waals surface area contributed by atoms with Gasteiger partial charge in [-0.25, -0.2) is 0 Å². The van der Waals surface area contributed by atoms with Crippen LogP contribution < -0.4 is 5.32 Å². The van der Waals surface area contributed by atoms with Crippen molar-refractivity contribution in [3.05, 3.63) is 28.2 Å². The van der Waals surface area contributed by atoms with E-state index in [0.29, 0.717) is 18.7 Å². The Balaban J connectivity index is 2.20. The third-order valence-electron chi connectivity index (χ3n) is 3.05. The number of carbonyl (C=O) groups is 1. The van der Waals surface area contributed by atoms with Crippen LogP contribution in [0.15, 0.2) is 22.7 Å². The molecular weight excluding hydrogens is 296 g/mol. The van der Waals surface area contributed by atoms with Crippen LogP contribution in [0.4, 0.5) is 0 Å². The van der Waals surface area contributed by atoms with Crippen molar-refractivity contribution in [2.24, 2.45) is 0 Å². The summed E-state index contributed by atoms with van der Waals surface area (Å²) >= 11 is 3.26. The number of hydrogen-bond acceptors (Lipinski definition) is 3. The van der Waals surface area contributed by atoms with Crippen LogP contribution in [0.5, 0.6) is 5.75 Å². The summed E-state index contributed by atoms with van der Waals surface area (Å²) in [6.45, 7) is 6.21. The third kappa shape index (κ3) is 2.84. The van der Waals surface area contributed by atoms with Crippen LogP contribution in [0.25, 0.3) is 0 Å². The van der Waals surface area contributed by atoms with Gasteiger partial charge in [-0.2, -0.15) is 0 Å². The Kier molecular flexibility index (Phi) is 3.64. The van der Waals surface area contributed by atoms with Gasteiger partial charge in [0.1, 0.15) is 5.75 Å². The fraction of sp³-hybridized carbons (Fsp3) is 0.462. The Morgan fingerprint density at radius 3 is 2.83 bits per heavy atom. The van der Waals surface area contributed by atoms with Crippen LogP contribution in [-0.2, 0) is 0 Å². The zero-order valence-electron chi connectivity index (χ0n) is 10.5. The molecule has 1 aliphatic rings. The van der Waals surface area contributed by atoms with E-state index in [9.17, 15) is 9.90 Å². The zero-order valence-corrected chi connectivity index (χ0v) is 12.1. The third-order valence-corrected chi connectivity index (χ3v) is 3.54. The van der Waals surface area contributed by atoms with E-state index in [1.165, 1.54) is 0 Å². The first-order valence-electron chi connectivity index (χ1n) is 5.92. The molecule has 1 heterocycles. The van der Waals surface area contributed by atoms with Crippen LogP contribution in [0.1, 0.15) is 24.2 Å². The number of aromatic hydroxyl groups is 1. The summed E-state index contributed by atoms with van der Waals surface area (Å²) in [4.78, 5) is 14.1. The average molecular weight is 313 g/mol. The van der Waals surface area contributed by atoms with E-state index in [0.717, 1.165) is 11.0 Å². The van der Waals surface area contributed by atoms with Crippen molar-refractivity contribution in [3.8, 4) is 5.75 Å². The van der Waals surface area contributed by atoms with Crippen LogP contribution >= 0.6 is 15.9 Å². The predicted octanol–water partition coefficient (Wildman–Crippen LogP) is 1.98. The monoisotopic (exact) mass is 312 g/mol. The Morgan fingerprint density at radius 2 is 2.22 bits per heavy atom. The van der Waals surface area contributed by atoms with Gasteiger partial charge < -0.3 is 15.3 Å². The van der Waals surface area contributed by atoms with Gasteiger partial charge in [-0.05, 0) is 32.0 Å². The molecule has 0 aromatic heterocycles. The first-order valence-corrected chi connectivity index (χ1v) is 6.71. The largest absolute Gasteiger partial charge is 0.507 e. The number of hydrogen-bond donors (Lipinski definition) is 2. The lowest BCUT2D eigenvalue weighted by molar-refractivity contribution is 0.0649. The molecule has 0 spiro atoms. The molecule has 1 amide bonds. The molecule has 2 rings (SSSR count). The maximum absolute atomic E-state index is 12.3. The van der Waals surface area contributed by atoms with Gasteiger partial charge in [-0.1, -0.05) is 15.9 Å². The molecule has 0 bridgehead atoms. The highest BCUT2D eigenvalue weighted by atomic mass is 79.9. The Morgan fingerprint density at radius 1 is 1.50 bits per heavy atom. The van der Waals surface area contributed by atoms with Gasteiger partial charge in [0.05, 0.1) is 5.56 Å². The van der Waals surface area contributed by atoms with E-state index in [1.807, 2.05) is 0 Å². The maximum Gasteiger partial charge on any atom is 0.257 e. The number of amides is 1. The van der Waals surface area contributed by atoms with Crippen molar-refractivity contribution in [1.82, 2.24) is 10.2 Å². The summed E-state index contributed by atoms with van der Waals surface area (Å²) in [6, 6.07) is 4.96. The molecule has 1 saturated heterocycles. The smallest absolute Gasteiger partial charge is 0.257 e. The van der Waals surface area contributed by atoms with Crippen molar-refractivity contribution in [3.63, 3.8) is 0 Å². The Bertz CT molecular complexity index is 474. The predicted molar refractivity (Wildman–Crippen MR) is 73.8 cm³/mol. The molecule has 4 nitrogen and oxygen atoms in total. The number of phenolic OH excluding ortho intramolecular Hbond substituents is 1. The van der Waals surface area contributed by atoms with Crippen LogP contribution in [-0.4, -0.2) is 41.1 Å². The van der Waals surface area contributed by atoms with Gasteiger partial charge in [0.25, 0.3) is 5.91 Å². The van der Waals surface area contributed by atoms with E-state index < -0.39 is 0 Å². The van der Waals surface area contributed by atoms with Crippen molar-refractivity contribution < 1.29 is 9.90 Å². The molecule has 1 aliphatic heterocycles. The highest BCUT2D eigenvalue weighted by Gasteiger charge is 2.29. The molecule has 18 heavy (non-hydrogen) atoms. The SMILES string of the molecule is CC1(C)CN(C(=O)c2ccc(Br)cc2O)CCN1. The van der Waals surface area contributed by atoms with Gasteiger partial charge >= 0.3 is 0 Å². The lowest BCUT2D eigenvalue weighted by Gasteiger charge is -2.39. The summed E-state index contributed by atoms with van der Waals surface area (Å²) in [5.74, 6) is -0.0970. The molecule has 98 valence electrons. The van der Waals surface area contributed by atoms with Gasteiger partial charge in [-0.3, -0.25) is 4.79 Å². The number of benzene rings is 1. The van der Waals surface area contributed by atoms with Gasteiger partial charge in [0.15, 0.2) is 0 Å². The fourth-order valence-electron chi connectivity index (χ4n) is 2.17. The van der Waals surface area contributed by atoms with E-state index in [-0.39, 0.29) is 17.2 Å². The van der Waals surface area contributed by atoms with Gasteiger partial charge in [0.2, 0.25) is 0 Å². The highest BCUT2D eigenvalue weighted by molar-refractivity contribution is 9.10. The van der Waals surface area contributed by atoms with Crippen LogP contribution in [0.3, 0.4) is 0 Å². The fourth-order valence-corrected chi connectivity index (χ4v) is 2.52. The first kappa shape index (κ1) is 13.4. The van der Waals surface area contributed by atoms with Crippen molar-refractivity contribution in [1.29, 1.82) is 0 Å². The summed E-state index contributed by atoms with van der Waals surface area (Å²) < 4.78 is 0.761. The maximum atomic E-state index is 12.3. The Labute approximate surface area is 115 Å². The number of piperazine rings is 1. The minimum Gasteiger partial charge on any atom is -0.507 e. The normalized spacial score (nSPS) is 18.7. The van der Waals surface area contributed by atoms with E-state index >= 15 is 0 Å². The minimum atomic E-state index is -0.116. The Hall–Kier alpha value is -1.07. The molecule has 1 fully saturated rings. The molecule has 0 atom stereocenters. The number of nitrogens with zero attached hydrogens (tertiary/aromatic N) is 1. The number of rotatable bonds is 1. The number of nitrogens with one attached hydrogen (secondary N) is 1. The number of carbonyl (C=O) groups excluding carboxylic acids is 1. The zero-order chi connectivity index (χ0) is 13.3. The molecule has 1 aromatic carbocycles. The lowest BCUT2D eigenvalue weighted by atomic mass is 10.0. The standard InChI is InChI=1S/C13H17BrN2O2/c1-13(2)8-16(6-5-15-13)12(18)10-4-3-9(14)7-11(10)17/h3-4,7,15,17H,5-6,8H2,1-2H3. The quantitative estimate of drug-likeness (QED) is 0.833. The summed E-state index contributed by atoms with van der Waals surface area (Å²) in [5, 5.41) is 13.2. The number of halogens is 1. The summed E-state index contributed by atoms with van der Waals surface area (Å²) in [6.07, 6.45) is 0. The lowest BCUT2D eigenvalue weighted by Crippen LogP contribution is -2.58. The molecule has 0 saturated carbocycles. The molecule has 1 aromatic rings. The minimum absolute atomic E-state index is 0.0192. The van der Waals surface area contributed by atoms with Crippen molar-refractivity contribution in [2.75, 3.05) is 19.6 Å². The van der Waals surface area contributed by atoms with Crippen LogP contribution in [0.2, 0.25) is 0 Å². The van der Waals surface area contributed by atoms with Gasteiger partial charge in [-0.15, -0.1) is 0 Å². The molecule has 2 N–H and O–H groups in total. The van der Waals surface area contributed by atoms with Crippen LogP contribution in [0, 0.1) is 0 Å². The van der Waals surface area contributed by atoms with E-state index in [4.69, 9.17) is 0 Å². The first-order chi connectivity index (χ1) is 8.39. The molecule has 5 heteroatoms.